The molecule has 0 saturated heterocycles. The molecule has 0 fully saturated rings. The first-order valence-corrected chi connectivity index (χ1v) is 8.71. The molecule has 7 heteroatoms. The molecule has 1 aliphatic heterocycles. The zero-order chi connectivity index (χ0) is 16.8. The highest BCUT2D eigenvalue weighted by Gasteiger charge is 2.36. The van der Waals surface area contributed by atoms with Crippen LogP contribution in [0.4, 0.5) is 11.5 Å². The Balaban J connectivity index is 1.95. The van der Waals surface area contributed by atoms with Crippen LogP contribution in [0.1, 0.15) is 37.3 Å². The van der Waals surface area contributed by atoms with Gasteiger partial charge in [-0.25, -0.2) is 9.97 Å². The minimum absolute atomic E-state index is 0.0965. The van der Waals surface area contributed by atoms with Gasteiger partial charge in [-0.2, -0.15) is 0 Å². The van der Waals surface area contributed by atoms with Crippen molar-refractivity contribution >= 4 is 34.9 Å². The molecule has 122 valence electrons. The van der Waals surface area contributed by atoms with E-state index in [4.69, 9.17) is 17.3 Å². The Labute approximate surface area is 145 Å². The molecular formula is C16H20ClN5S. The fraction of sp³-hybridized carbons (Fsp3) is 0.438. The minimum Gasteiger partial charge on any atom is -0.384 e. The van der Waals surface area contributed by atoms with Crippen LogP contribution in [0.2, 0.25) is 5.15 Å². The van der Waals surface area contributed by atoms with Crippen LogP contribution in [-0.4, -0.2) is 28.5 Å². The molecule has 3 rings (SSSR count). The Bertz CT molecular complexity index is 729. The number of nitrogens with two attached hydrogens (primary N) is 1. The number of nitrogen functional groups attached to an aromatic ring is 1. The molecule has 23 heavy (non-hydrogen) atoms. The van der Waals surface area contributed by atoms with E-state index in [9.17, 15) is 0 Å². The molecule has 1 unspecified atom stereocenters. The van der Waals surface area contributed by atoms with Gasteiger partial charge in [-0.1, -0.05) is 37.2 Å². The van der Waals surface area contributed by atoms with Crippen LogP contribution in [0.3, 0.4) is 0 Å². The summed E-state index contributed by atoms with van der Waals surface area (Å²) in [6, 6.07) is 3.67. The van der Waals surface area contributed by atoms with Crippen LogP contribution in [-0.2, 0) is 5.41 Å². The van der Waals surface area contributed by atoms with Crippen molar-refractivity contribution in [2.45, 2.75) is 36.6 Å². The molecule has 3 heterocycles. The number of pyridine rings is 1. The van der Waals surface area contributed by atoms with Crippen molar-refractivity contribution in [3.8, 4) is 0 Å². The molecular weight excluding hydrogens is 330 g/mol. The SMILES string of the molecule is CC(Sc1nc(N)cc(Cl)n1)c1nccc2c1N(C)CC2(C)C. The van der Waals surface area contributed by atoms with Gasteiger partial charge in [0.1, 0.15) is 11.0 Å². The Morgan fingerprint density at radius 2 is 2.13 bits per heavy atom. The van der Waals surface area contributed by atoms with Gasteiger partial charge in [0.05, 0.1) is 16.6 Å². The number of likely N-dealkylation sites (N-methyl/N-ethyl adjacent to an activating group) is 1. The summed E-state index contributed by atoms with van der Waals surface area (Å²) in [4.78, 5) is 15.4. The maximum absolute atomic E-state index is 5.97. The van der Waals surface area contributed by atoms with Crippen molar-refractivity contribution < 1.29 is 0 Å². The van der Waals surface area contributed by atoms with Crippen molar-refractivity contribution in [1.29, 1.82) is 0 Å². The Morgan fingerprint density at radius 1 is 1.39 bits per heavy atom. The van der Waals surface area contributed by atoms with Gasteiger partial charge in [-0.05, 0) is 18.6 Å². The summed E-state index contributed by atoms with van der Waals surface area (Å²) >= 11 is 7.48. The standard InChI is InChI=1S/C16H20ClN5S/c1-9(23-15-20-11(17)7-12(18)21-15)13-14-10(5-6-19-13)16(2,3)8-22(14)4/h5-7,9H,8H2,1-4H3,(H2,18,20,21). The second kappa shape index (κ2) is 5.83. The fourth-order valence-electron chi connectivity index (χ4n) is 3.15. The summed E-state index contributed by atoms with van der Waals surface area (Å²) in [6.07, 6.45) is 1.89. The lowest BCUT2D eigenvalue weighted by molar-refractivity contribution is 0.563. The van der Waals surface area contributed by atoms with Crippen molar-refractivity contribution in [3.05, 3.63) is 34.7 Å². The van der Waals surface area contributed by atoms with Gasteiger partial charge < -0.3 is 10.6 Å². The predicted octanol–water partition coefficient (Wildman–Crippen LogP) is 3.69. The van der Waals surface area contributed by atoms with Crippen LogP contribution in [0, 0.1) is 0 Å². The maximum Gasteiger partial charge on any atom is 0.191 e. The highest BCUT2D eigenvalue weighted by molar-refractivity contribution is 7.99. The van der Waals surface area contributed by atoms with Crippen LogP contribution in [0.5, 0.6) is 0 Å². The van der Waals surface area contributed by atoms with Crippen molar-refractivity contribution in [2.24, 2.45) is 0 Å². The Morgan fingerprint density at radius 3 is 2.83 bits per heavy atom. The fourth-order valence-corrected chi connectivity index (χ4v) is 4.30. The van der Waals surface area contributed by atoms with Crippen molar-refractivity contribution in [3.63, 3.8) is 0 Å². The molecule has 2 aromatic rings. The number of hydrogen-bond donors (Lipinski definition) is 1. The van der Waals surface area contributed by atoms with E-state index < -0.39 is 0 Å². The number of nitrogens with zero attached hydrogens (tertiary/aromatic N) is 4. The van der Waals surface area contributed by atoms with E-state index in [1.807, 2.05) is 6.20 Å². The molecule has 0 bridgehead atoms. The maximum atomic E-state index is 5.97. The summed E-state index contributed by atoms with van der Waals surface area (Å²) in [5.74, 6) is 0.379. The molecule has 1 atom stereocenters. The van der Waals surface area contributed by atoms with Crippen LogP contribution < -0.4 is 10.6 Å². The normalized spacial score (nSPS) is 17.2. The zero-order valence-corrected chi connectivity index (χ0v) is 15.2. The van der Waals surface area contributed by atoms with Crippen LogP contribution >= 0.6 is 23.4 Å². The van der Waals surface area contributed by atoms with Gasteiger partial charge >= 0.3 is 0 Å². The van der Waals surface area contributed by atoms with Gasteiger partial charge in [0, 0.05) is 31.3 Å². The molecule has 0 aromatic carbocycles. The first-order valence-electron chi connectivity index (χ1n) is 7.45. The van der Waals surface area contributed by atoms with E-state index in [1.54, 1.807) is 6.07 Å². The lowest BCUT2D eigenvalue weighted by Crippen LogP contribution is -2.25. The first kappa shape index (κ1) is 16.3. The number of aromatic nitrogens is 3. The Kier molecular flexibility index (Phi) is 4.14. The highest BCUT2D eigenvalue weighted by Crippen LogP contribution is 2.45. The molecule has 0 saturated carbocycles. The van der Waals surface area contributed by atoms with Crippen molar-refractivity contribution in [1.82, 2.24) is 15.0 Å². The van der Waals surface area contributed by atoms with E-state index in [0.29, 0.717) is 16.1 Å². The third-order valence-electron chi connectivity index (χ3n) is 4.06. The van der Waals surface area contributed by atoms with Crippen molar-refractivity contribution in [2.75, 3.05) is 24.2 Å². The summed E-state index contributed by atoms with van der Waals surface area (Å²) in [5, 5.41) is 1.03. The van der Waals surface area contributed by atoms with Crippen LogP contribution in [0.15, 0.2) is 23.5 Å². The number of thioether (sulfide) groups is 1. The average molecular weight is 350 g/mol. The quantitative estimate of drug-likeness (QED) is 0.518. The third-order valence-corrected chi connectivity index (χ3v) is 5.22. The lowest BCUT2D eigenvalue weighted by atomic mass is 9.87. The number of anilines is 2. The summed E-state index contributed by atoms with van der Waals surface area (Å²) in [6.45, 7) is 7.61. The number of rotatable bonds is 3. The van der Waals surface area contributed by atoms with E-state index in [2.05, 4.69) is 53.7 Å². The zero-order valence-electron chi connectivity index (χ0n) is 13.7. The monoisotopic (exact) mass is 349 g/mol. The second-order valence-corrected chi connectivity index (χ2v) is 8.19. The largest absolute Gasteiger partial charge is 0.384 e. The molecule has 5 nitrogen and oxygen atoms in total. The van der Waals surface area contributed by atoms with Gasteiger partial charge in [0.2, 0.25) is 0 Å². The van der Waals surface area contributed by atoms with Gasteiger partial charge in [0.25, 0.3) is 0 Å². The lowest BCUT2D eigenvalue weighted by Gasteiger charge is -2.19. The van der Waals surface area contributed by atoms with Gasteiger partial charge in [-0.15, -0.1) is 0 Å². The molecule has 0 amide bonds. The predicted molar refractivity (Wildman–Crippen MR) is 96.3 cm³/mol. The number of fused-ring (bicyclic) bond motifs is 1. The summed E-state index contributed by atoms with van der Waals surface area (Å²) in [5.41, 5.74) is 9.47. The van der Waals surface area contributed by atoms with Gasteiger partial charge in [0.15, 0.2) is 5.16 Å². The number of hydrogen-bond acceptors (Lipinski definition) is 6. The minimum atomic E-state index is 0.0965. The summed E-state index contributed by atoms with van der Waals surface area (Å²) in [7, 11) is 2.12. The van der Waals surface area contributed by atoms with E-state index in [0.717, 1.165) is 12.2 Å². The third kappa shape index (κ3) is 3.10. The van der Waals surface area contributed by atoms with Gasteiger partial charge in [-0.3, -0.25) is 4.98 Å². The molecule has 0 aliphatic carbocycles. The summed E-state index contributed by atoms with van der Waals surface area (Å²) < 4.78 is 0. The molecule has 0 spiro atoms. The highest BCUT2D eigenvalue weighted by atomic mass is 35.5. The molecule has 1 aliphatic rings. The number of halogens is 1. The first-order chi connectivity index (χ1) is 10.8. The van der Waals surface area contributed by atoms with Crippen LogP contribution in [0.25, 0.3) is 0 Å². The molecule has 0 radical (unpaired) electrons. The molecule has 2 aromatic heterocycles. The topological polar surface area (TPSA) is 67.9 Å². The average Bonchev–Trinajstić information content (AvgIpc) is 2.67. The Hall–Kier alpha value is -1.53. The van der Waals surface area contributed by atoms with E-state index in [1.165, 1.54) is 23.0 Å². The second-order valence-electron chi connectivity index (χ2n) is 6.49. The van der Waals surface area contributed by atoms with E-state index in [-0.39, 0.29) is 10.7 Å². The van der Waals surface area contributed by atoms with E-state index >= 15 is 0 Å². The molecule has 2 N–H and O–H groups in total. The smallest absolute Gasteiger partial charge is 0.191 e.